The van der Waals surface area contributed by atoms with Gasteiger partial charge in [-0.15, -0.1) is 11.6 Å². The van der Waals surface area contributed by atoms with Gasteiger partial charge in [-0.2, -0.15) is 0 Å². The summed E-state index contributed by atoms with van der Waals surface area (Å²) < 4.78 is 25.8. The summed E-state index contributed by atoms with van der Waals surface area (Å²) in [6.07, 6.45) is 0.592. The fourth-order valence-corrected chi connectivity index (χ4v) is 2.35. The minimum atomic E-state index is -0.262. The van der Waals surface area contributed by atoms with Crippen molar-refractivity contribution < 1.29 is 8.78 Å². The first-order valence-electron chi connectivity index (χ1n) is 5.71. The summed E-state index contributed by atoms with van der Waals surface area (Å²) in [5, 5.41) is -0.240. The van der Waals surface area contributed by atoms with Crippen molar-refractivity contribution in [3.8, 4) is 0 Å². The van der Waals surface area contributed by atoms with Crippen molar-refractivity contribution in [2.75, 3.05) is 0 Å². The summed E-state index contributed by atoms with van der Waals surface area (Å²) in [5.41, 5.74) is 2.69. The number of rotatable bonds is 3. The topological polar surface area (TPSA) is 0 Å². The van der Waals surface area contributed by atoms with Gasteiger partial charge in [0.1, 0.15) is 11.6 Å². The number of alkyl halides is 1. The van der Waals surface area contributed by atoms with E-state index in [-0.39, 0.29) is 17.0 Å². The minimum absolute atomic E-state index is 0.240. The fourth-order valence-electron chi connectivity index (χ4n) is 1.93. The van der Waals surface area contributed by atoms with Crippen molar-refractivity contribution in [3.63, 3.8) is 0 Å². The molecule has 0 aliphatic rings. The highest BCUT2D eigenvalue weighted by atomic mass is 35.5. The Morgan fingerprint density at radius 1 is 1.00 bits per heavy atom. The Morgan fingerprint density at radius 3 is 2.22 bits per heavy atom. The molecule has 0 N–H and O–H groups in total. The van der Waals surface area contributed by atoms with Gasteiger partial charge in [0.25, 0.3) is 0 Å². The molecular formula is C15H13ClF2. The van der Waals surface area contributed by atoms with E-state index in [4.69, 9.17) is 11.6 Å². The van der Waals surface area contributed by atoms with Gasteiger partial charge in [-0.3, -0.25) is 0 Å². The summed E-state index contributed by atoms with van der Waals surface area (Å²) >= 11 is 6.32. The van der Waals surface area contributed by atoms with Gasteiger partial charge in [0.15, 0.2) is 0 Å². The van der Waals surface area contributed by atoms with Crippen LogP contribution in [0.2, 0.25) is 0 Å². The Labute approximate surface area is 110 Å². The second-order valence-electron chi connectivity index (χ2n) is 4.30. The Balaban J connectivity index is 2.16. The van der Waals surface area contributed by atoms with Crippen LogP contribution in [0.3, 0.4) is 0 Å². The molecule has 1 unspecified atom stereocenters. The van der Waals surface area contributed by atoms with Crippen LogP contribution in [-0.4, -0.2) is 0 Å². The molecule has 0 aliphatic heterocycles. The van der Waals surface area contributed by atoms with Gasteiger partial charge in [0.05, 0.1) is 5.38 Å². The van der Waals surface area contributed by atoms with Crippen molar-refractivity contribution in [2.45, 2.75) is 18.7 Å². The average molecular weight is 267 g/mol. The van der Waals surface area contributed by atoms with E-state index in [0.29, 0.717) is 6.42 Å². The van der Waals surface area contributed by atoms with E-state index in [1.165, 1.54) is 24.3 Å². The smallest absolute Gasteiger partial charge is 0.123 e. The van der Waals surface area contributed by atoms with Gasteiger partial charge < -0.3 is 0 Å². The highest BCUT2D eigenvalue weighted by Crippen LogP contribution is 2.28. The van der Waals surface area contributed by atoms with Crippen LogP contribution in [0.25, 0.3) is 0 Å². The van der Waals surface area contributed by atoms with Gasteiger partial charge >= 0.3 is 0 Å². The number of benzene rings is 2. The van der Waals surface area contributed by atoms with E-state index in [9.17, 15) is 8.78 Å². The molecule has 0 spiro atoms. The summed E-state index contributed by atoms with van der Waals surface area (Å²) in [6.45, 7) is 1.83. The first-order chi connectivity index (χ1) is 8.56. The molecule has 2 aromatic rings. The number of halogens is 3. The van der Waals surface area contributed by atoms with Gasteiger partial charge in [0, 0.05) is 0 Å². The second kappa shape index (κ2) is 5.49. The SMILES string of the molecule is Cc1cc(F)ccc1C(Cl)Cc1ccc(F)cc1. The predicted octanol–water partition coefficient (Wildman–Crippen LogP) is 4.80. The third-order valence-corrected chi connectivity index (χ3v) is 3.29. The zero-order valence-corrected chi connectivity index (χ0v) is 10.7. The van der Waals surface area contributed by atoms with Crippen molar-refractivity contribution in [3.05, 3.63) is 70.8 Å². The third kappa shape index (κ3) is 3.08. The molecule has 0 nitrogen and oxygen atoms in total. The van der Waals surface area contributed by atoms with Crippen LogP contribution in [-0.2, 0) is 6.42 Å². The van der Waals surface area contributed by atoms with E-state index in [1.807, 2.05) is 6.92 Å². The maximum absolute atomic E-state index is 13.0. The van der Waals surface area contributed by atoms with Crippen molar-refractivity contribution >= 4 is 11.6 Å². The molecule has 0 aliphatic carbocycles. The van der Waals surface area contributed by atoms with Crippen molar-refractivity contribution in [1.82, 2.24) is 0 Å². The number of hydrogen-bond acceptors (Lipinski definition) is 0. The quantitative estimate of drug-likeness (QED) is 0.701. The van der Waals surface area contributed by atoms with Gasteiger partial charge in [0.2, 0.25) is 0 Å². The average Bonchev–Trinajstić information content (AvgIpc) is 2.32. The van der Waals surface area contributed by atoms with Gasteiger partial charge in [-0.25, -0.2) is 8.78 Å². The summed E-state index contributed by atoms with van der Waals surface area (Å²) in [4.78, 5) is 0. The standard InChI is InChI=1S/C15H13ClF2/c1-10-8-13(18)6-7-14(10)15(16)9-11-2-4-12(17)5-3-11/h2-8,15H,9H2,1H3. The normalized spacial score (nSPS) is 12.4. The Bertz CT molecular complexity index is 535. The van der Waals surface area contributed by atoms with Crippen LogP contribution < -0.4 is 0 Å². The van der Waals surface area contributed by atoms with E-state index in [2.05, 4.69) is 0 Å². The molecule has 0 heterocycles. The van der Waals surface area contributed by atoms with Crippen LogP contribution in [0.4, 0.5) is 8.78 Å². The lowest BCUT2D eigenvalue weighted by Gasteiger charge is -2.13. The lowest BCUT2D eigenvalue weighted by Crippen LogP contribution is -1.99. The lowest BCUT2D eigenvalue weighted by molar-refractivity contribution is 0.624. The minimum Gasteiger partial charge on any atom is -0.207 e. The van der Waals surface area contributed by atoms with Crippen LogP contribution in [0, 0.1) is 18.6 Å². The van der Waals surface area contributed by atoms with Crippen molar-refractivity contribution in [2.24, 2.45) is 0 Å². The predicted molar refractivity (Wildman–Crippen MR) is 69.8 cm³/mol. The molecule has 0 saturated heterocycles. The number of hydrogen-bond donors (Lipinski definition) is 0. The molecule has 1 atom stereocenters. The number of aryl methyl sites for hydroxylation is 1. The Kier molecular flexibility index (Phi) is 3.97. The molecule has 0 radical (unpaired) electrons. The molecule has 2 aromatic carbocycles. The van der Waals surface area contributed by atoms with E-state index in [1.54, 1.807) is 18.2 Å². The zero-order chi connectivity index (χ0) is 13.1. The van der Waals surface area contributed by atoms with E-state index >= 15 is 0 Å². The monoisotopic (exact) mass is 266 g/mol. The van der Waals surface area contributed by atoms with Crippen LogP contribution in [0.5, 0.6) is 0 Å². The summed E-state index contributed by atoms with van der Waals surface area (Å²) in [5.74, 6) is -0.523. The van der Waals surface area contributed by atoms with Crippen LogP contribution in [0.15, 0.2) is 42.5 Å². The van der Waals surface area contributed by atoms with Crippen LogP contribution >= 0.6 is 11.6 Å². The fraction of sp³-hybridized carbons (Fsp3) is 0.200. The molecule has 0 fully saturated rings. The maximum Gasteiger partial charge on any atom is 0.123 e. The maximum atomic E-state index is 13.0. The third-order valence-electron chi connectivity index (χ3n) is 2.90. The molecule has 0 amide bonds. The van der Waals surface area contributed by atoms with Crippen LogP contribution in [0.1, 0.15) is 22.1 Å². The van der Waals surface area contributed by atoms with E-state index < -0.39 is 0 Å². The molecule has 0 saturated carbocycles. The molecule has 0 aromatic heterocycles. The molecule has 94 valence electrons. The summed E-state index contributed by atoms with van der Waals surface area (Å²) in [6, 6.07) is 10.8. The lowest BCUT2D eigenvalue weighted by atomic mass is 10.00. The highest BCUT2D eigenvalue weighted by molar-refractivity contribution is 6.21. The van der Waals surface area contributed by atoms with Gasteiger partial charge in [-0.05, 0) is 54.3 Å². The molecule has 18 heavy (non-hydrogen) atoms. The molecular weight excluding hydrogens is 254 g/mol. The Morgan fingerprint density at radius 2 is 1.61 bits per heavy atom. The molecule has 2 rings (SSSR count). The highest BCUT2D eigenvalue weighted by Gasteiger charge is 2.12. The molecule has 3 heteroatoms. The molecule has 0 bridgehead atoms. The van der Waals surface area contributed by atoms with E-state index in [0.717, 1.165) is 16.7 Å². The first kappa shape index (κ1) is 13.0. The zero-order valence-electron chi connectivity index (χ0n) is 9.96. The largest absolute Gasteiger partial charge is 0.207 e. The first-order valence-corrected chi connectivity index (χ1v) is 6.14. The van der Waals surface area contributed by atoms with Crippen molar-refractivity contribution in [1.29, 1.82) is 0 Å². The summed E-state index contributed by atoms with van der Waals surface area (Å²) in [7, 11) is 0. The Hall–Kier alpha value is -1.41. The van der Waals surface area contributed by atoms with Gasteiger partial charge in [-0.1, -0.05) is 18.2 Å². The second-order valence-corrected chi connectivity index (χ2v) is 4.83.